The number of hydrogen-bond donors (Lipinski definition) is 6. The molecule has 8 N–H and O–H groups in total. The highest BCUT2D eigenvalue weighted by Crippen LogP contribution is 2.42. The van der Waals surface area contributed by atoms with Crippen LogP contribution in [0.15, 0.2) is 24.3 Å². The number of benzene rings is 1. The summed E-state index contributed by atoms with van der Waals surface area (Å²) in [7, 11) is 7.83. The Balaban J connectivity index is 1.77. The molecule has 4 rings (SSSR count). The topological polar surface area (TPSA) is 141 Å². The second-order valence-corrected chi connectivity index (χ2v) is 8.26. The van der Waals surface area contributed by atoms with E-state index in [0.29, 0.717) is 30.0 Å². The number of hydrogen-bond acceptors (Lipinski definition) is 7. The number of H-pyrrole nitrogens is 1. The van der Waals surface area contributed by atoms with Crippen molar-refractivity contribution in [3.63, 3.8) is 0 Å². The standard InChI is InChI=1S/C21H27BN4O4/c1-26-12-6-11(7-13(26)10-30-9-12)19-18(21(22,28)29)15(20(24)25-19)8-16(23)14-4-2-3-5-17(14)27/h2-5,8,11-13,25,27-29H,6-7,9-10,23-24H2,1H3/b16-8-. The summed E-state index contributed by atoms with van der Waals surface area (Å²) in [5, 5.41) is 30.9. The minimum Gasteiger partial charge on any atom is -0.507 e. The maximum absolute atomic E-state index is 10.4. The molecule has 2 fully saturated rings. The van der Waals surface area contributed by atoms with Crippen LogP contribution in [0.5, 0.6) is 5.75 Å². The normalized spacial score (nSPS) is 25.4. The Kier molecular flexibility index (Phi) is 5.31. The quantitative estimate of drug-likeness (QED) is 0.320. The van der Waals surface area contributed by atoms with Crippen molar-refractivity contribution in [1.82, 2.24) is 9.88 Å². The van der Waals surface area contributed by atoms with E-state index >= 15 is 0 Å². The van der Waals surface area contributed by atoms with Crippen LogP contribution in [0, 0.1) is 0 Å². The molecule has 3 heterocycles. The summed E-state index contributed by atoms with van der Waals surface area (Å²) in [6.45, 7) is 1.27. The van der Waals surface area contributed by atoms with Gasteiger partial charge in [-0.3, -0.25) is 4.90 Å². The molecule has 30 heavy (non-hydrogen) atoms. The number of ether oxygens (including phenoxy) is 1. The van der Waals surface area contributed by atoms with Gasteiger partial charge in [0.05, 0.1) is 13.2 Å². The number of nitrogens with zero attached hydrogens (tertiary/aromatic N) is 1. The van der Waals surface area contributed by atoms with Crippen LogP contribution in [-0.4, -0.2) is 65.4 Å². The van der Waals surface area contributed by atoms with Gasteiger partial charge in [0.2, 0.25) is 0 Å². The molecule has 1 aromatic carbocycles. The van der Waals surface area contributed by atoms with Crippen molar-refractivity contribution in [2.24, 2.45) is 5.73 Å². The zero-order chi connectivity index (χ0) is 21.6. The highest BCUT2D eigenvalue weighted by atomic mass is 16.5. The Morgan fingerprint density at radius 2 is 1.90 bits per heavy atom. The molecular formula is C21H27BN4O4. The number of aliphatic hydroxyl groups is 2. The summed E-state index contributed by atoms with van der Waals surface area (Å²) in [4.78, 5) is 5.44. The monoisotopic (exact) mass is 410 g/mol. The van der Waals surface area contributed by atoms with Crippen molar-refractivity contribution in [3.05, 3.63) is 46.6 Å². The molecule has 2 aliphatic rings. The van der Waals surface area contributed by atoms with Gasteiger partial charge in [0, 0.05) is 46.1 Å². The third-order valence-electron chi connectivity index (χ3n) is 6.27. The molecule has 2 atom stereocenters. The summed E-state index contributed by atoms with van der Waals surface area (Å²) < 4.78 is 5.68. The van der Waals surface area contributed by atoms with Crippen LogP contribution in [0.4, 0.5) is 5.82 Å². The number of aromatic nitrogens is 1. The number of aromatic amines is 1. The molecule has 0 amide bonds. The van der Waals surface area contributed by atoms with Crippen molar-refractivity contribution in [3.8, 4) is 5.75 Å². The van der Waals surface area contributed by atoms with Gasteiger partial charge in [-0.15, -0.1) is 0 Å². The Bertz CT molecular complexity index is 954. The van der Waals surface area contributed by atoms with Crippen molar-refractivity contribution < 1.29 is 20.1 Å². The minimum atomic E-state index is -2.61. The molecule has 0 spiro atoms. The number of nitrogens with one attached hydrogen (secondary N) is 1. The summed E-state index contributed by atoms with van der Waals surface area (Å²) in [6, 6.07) is 7.08. The minimum absolute atomic E-state index is 0.00753. The second kappa shape index (κ2) is 7.66. The van der Waals surface area contributed by atoms with Crippen LogP contribution < -0.4 is 11.5 Å². The Labute approximate surface area is 176 Å². The summed E-state index contributed by atoms with van der Waals surface area (Å²) in [5.74, 6) is 0.252. The Hall–Kier alpha value is -2.46. The number of morpholine rings is 1. The van der Waals surface area contributed by atoms with Crippen LogP contribution in [0.25, 0.3) is 11.8 Å². The number of rotatable bonds is 4. The van der Waals surface area contributed by atoms with Gasteiger partial charge in [-0.1, -0.05) is 12.1 Å². The predicted molar refractivity (Wildman–Crippen MR) is 115 cm³/mol. The smallest absolute Gasteiger partial charge is 0.161 e. The van der Waals surface area contributed by atoms with Crippen molar-refractivity contribution in [1.29, 1.82) is 0 Å². The first kappa shape index (κ1) is 20.8. The van der Waals surface area contributed by atoms with Gasteiger partial charge >= 0.3 is 0 Å². The van der Waals surface area contributed by atoms with Gasteiger partial charge in [-0.25, -0.2) is 0 Å². The number of likely N-dealkylation sites (N-methyl/N-ethyl adjacent to an activating group) is 1. The molecule has 1 aromatic heterocycles. The molecule has 2 bridgehead atoms. The number of anilines is 1. The van der Waals surface area contributed by atoms with Gasteiger partial charge in [0.15, 0.2) is 7.85 Å². The third kappa shape index (κ3) is 3.69. The molecule has 158 valence electrons. The first-order chi connectivity index (χ1) is 14.2. The van der Waals surface area contributed by atoms with Gasteiger partial charge in [-0.05, 0) is 38.1 Å². The zero-order valence-electron chi connectivity index (χ0n) is 16.9. The fourth-order valence-electron chi connectivity index (χ4n) is 4.69. The molecule has 2 unspecified atom stereocenters. The molecule has 0 saturated carbocycles. The second-order valence-electron chi connectivity index (χ2n) is 8.26. The van der Waals surface area contributed by atoms with E-state index in [1.807, 2.05) is 0 Å². The van der Waals surface area contributed by atoms with Gasteiger partial charge in [-0.2, -0.15) is 0 Å². The summed E-state index contributed by atoms with van der Waals surface area (Å²) in [6.07, 6.45) is 3.05. The highest BCUT2D eigenvalue weighted by Gasteiger charge is 2.41. The number of aromatic hydroxyl groups is 1. The van der Waals surface area contributed by atoms with E-state index in [9.17, 15) is 15.3 Å². The lowest BCUT2D eigenvalue weighted by molar-refractivity contribution is -0.0933. The van der Waals surface area contributed by atoms with E-state index in [-0.39, 0.29) is 40.8 Å². The van der Waals surface area contributed by atoms with Gasteiger partial charge in [0.25, 0.3) is 0 Å². The number of phenolic OH excluding ortho intramolecular Hbond substituents is 1. The number of nitrogen functional groups attached to an aromatic ring is 1. The fraction of sp³-hybridized carbons (Fsp3) is 0.429. The first-order valence-electron chi connectivity index (χ1n) is 9.97. The molecule has 2 aromatic rings. The molecule has 9 heteroatoms. The maximum atomic E-state index is 10.4. The molecule has 8 nitrogen and oxygen atoms in total. The lowest BCUT2D eigenvalue weighted by Gasteiger charge is -2.46. The molecule has 0 aliphatic carbocycles. The first-order valence-corrected chi connectivity index (χ1v) is 9.97. The van der Waals surface area contributed by atoms with Crippen molar-refractivity contribution in [2.45, 2.75) is 36.5 Å². The largest absolute Gasteiger partial charge is 0.507 e. The van der Waals surface area contributed by atoms with Crippen molar-refractivity contribution >= 4 is 25.4 Å². The van der Waals surface area contributed by atoms with Gasteiger partial charge < -0.3 is 36.5 Å². The number of phenols is 1. The van der Waals surface area contributed by atoms with E-state index in [1.54, 1.807) is 18.2 Å². The van der Waals surface area contributed by atoms with Crippen LogP contribution in [0.1, 0.15) is 41.1 Å². The Morgan fingerprint density at radius 1 is 1.27 bits per heavy atom. The average molecular weight is 410 g/mol. The number of para-hydroxylation sites is 1. The zero-order valence-corrected chi connectivity index (χ0v) is 16.9. The van der Waals surface area contributed by atoms with E-state index in [1.165, 1.54) is 12.1 Å². The number of piperidine rings is 1. The van der Waals surface area contributed by atoms with Crippen LogP contribution in [-0.2, 0) is 10.4 Å². The lowest BCUT2D eigenvalue weighted by Crippen LogP contribution is -2.54. The highest BCUT2D eigenvalue weighted by molar-refractivity contribution is 6.14. The number of fused-ring (bicyclic) bond motifs is 2. The van der Waals surface area contributed by atoms with Crippen LogP contribution in [0.3, 0.4) is 0 Å². The summed E-state index contributed by atoms with van der Waals surface area (Å²) >= 11 is 0. The predicted octanol–water partition coefficient (Wildman–Crippen LogP) is 0.599. The average Bonchev–Trinajstić information content (AvgIpc) is 2.98. The van der Waals surface area contributed by atoms with Gasteiger partial charge in [0.1, 0.15) is 17.3 Å². The van der Waals surface area contributed by atoms with Crippen molar-refractivity contribution in [2.75, 3.05) is 26.0 Å². The van der Waals surface area contributed by atoms with E-state index in [4.69, 9.17) is 24.1 Å². The molecule has 2 aliphatic heterocycles. The molecule has 2 saturated heterocycles. The fourth-order valence-corrected chi connectivity index (χ4v) is 4.69. The SMILES string of the molecule is [B]C(O)(O)c1c(C2CC3COCC(C2)N3C)[nH]c(N)c1/C=C(\N)c1ccccc1O. The van der Waals surface area contributed by atoms with E-state index in [2.05, 4.69) is 16.9 Å². The Morgan fingerprint density at radius 3 is 2.50 bits per heavy atom. The number of nitrogens with two attached hydrogens (primary N) is 2. The third-order valence-corrected chi connectivity index (χ3v) is 6.27. The lowest BCUT2D eigenvalue weighted by atomic mass is 9.77. The summed E-state index contributed by atoms with van der Waals surface area (Å²) in [5.41, 5.74) is 11.5. The maximum Gasteiger partial charge on any atom is 0.161 e. The van der Waals surface area contributed by atoms with E-state index in [0.717, 1.165) is 12.8 Å². The van der Waals surface area contributed by atoms with E-state index < -0.39 is 5.69 Å². The molecule has 2 radical (unpaired) electrons. The van der Waals surface area contributed by atoms with Crippen LogP contribution >= 0.6 is 0 Å². The van der Waals surface area contributed by atoms with Crippen LogP contribution in [0.2, 0.25) is 0 Å². The molecular weight excluding hydrogens is 383 g/mol.